The minimum atomic E-state index is -3.84. The maximum absolute atomic E-state index is 12.1. The van der Waals surface area contributed by atoms with Gasteiger partial charge in [-0.1, -0.05) is 23.7 Å². The molecular formula is C18H18ClN3O6S. The molecule has 0 spiro atoms. The number of amides is 2. The number of primary sulfonamides is 1. The average Bonchev–Trinajstić information content (AvgIpc) is 2.66. The number of benzene rings is 2. The molecule has 0 saturated heterocycles. The molecule has 2 rings (SSSR count). The Bertz CT molecular complexity index is 1020. The summed E-state index contributed by atoms with van der Waals surface area (Å²) in [6.07, 6.45) is 0. The molecule has 1 atom stereocenters. The normalized spacial score (nSPS) is 12.0. The quantitative estimate of drug-likeness (QED) is 0.554. The third kappa shape index (κ3) is 6.56. The molecular weight excluding hydrogens is 422 g/mol. The number of rotatable bonds is 7. The van der Waals surface area contributed by atoms with Crippen LogP contribution in [-0.4, -0.2) is 38.9 Å². The first-order chi connectivity index (χ1) is 13.6. The smallest absolute Gasteiger partial charge is 0.328 e. The number of esters is 1. The van der Waals surface area contributed by atoms with Crippen LogP contribution in [0.5, 0.6) is 0 Å². The van der Waals surface area contributed by atoms with E-state index in [0.29, 0.717) is 5.69 Å². The van der Waals surface area contributed by atoms with E-state index in [4.69, 9.17) is 21.5 Å². The summed E-state index contributed by atoms with van der Waals surface area (Å²) in [6.45, 7) is 0.809. The first kappa shape index (κ1) is 22.3. The van der Waals surface area contributed by atoms with Gasteiger partial charge in [-0.05, 0) is 43.3 Å². The molecule has 11 heteroatoms. The summed E-state index contributed by atoms with van der Waals surface area (Å²) in [7, 11) is -3.84. The fourth-order valence-corrected chi connectivity index (χ4v) is 2.90. The molecule has 0 heterocycles. The van der Waals surface area contributed by atoms with Crippen molar-refractivity contribution in [2.45, 2.75) is 17.9 Å². The molecule has 0 aliphatic heterocycles. The number of carbonyl (C=O) groups excluding carboxylic acids is 3. The predicted octanol–water partition coefficient (Wildman–Crippen LogP) is 1.29. The van der Waals surface area contributed by atoms with Crippen LogP contribution >= 0.6 is 11.6 Å². The molecule has 0 radical (unpaired) electrons. The summed E-state index contributed by atoms with van der Waals surface area (Å²) in [4.78, 5) is 35.9. The Kier molecular flexibility index (Phi) is 7.32. The van der Waals surface area contributed by atoms with Crippen LogP contribution < -0.4 is 15.8 Å². The first-order valence-corrected chi connectivity index (χ1v) is 10.1. The molecule has 29 heavy (non-hydrogen) atoms. The van der Waals surface area contributed by atoms with Crippen molar-refractivity contribution in [2.24, 2.45) is 5.14 Å². The summed E-state index contributed by atoms with van der Waals surface area (Å²) in [5.74, 6) is -2.02. The number of carbonyl (C=O) groups is 3. The zero-order valence-electron chi connectivity index (χ0n) is 15.2. The average molecular weight is 440 g/mol. The van der Waals surface area contributed by atoms with Crippen LogP contribution in [-0.2, 0) is 24.3 Å². The highest BCUT2D eigenvalue weighted by molar-refractivity contribution is 7.89. The van der Waals surface area contributed by atoms with Gasteiger partial charge < -0.3 is 15.4 Å². The topological polar surface area (TPSA) is 145 Å². The minimum Gasteiger partial charge on any atom is -0.454 e. The van der Waals surface area contributed by atoms with E-state index < -0.39 is 40.5 Å². The number of hydrogen-bond acceptors (Lipinski definition) is 6. The lowest BCUT2D eigenvalue weighted by molar-refractivity contribution is -0.148. The van der Waals surface area contributed by atoms with Crippen LogP contribution in [0.15, 0.2) is 53.4 Å². The molecule has 4 N–H and O–H groups in total. The number of hydrogen-bond donors (Lipinski definition) is 3. The van der Waals surface area contributed by atoms with Crippen molar-refractivity contribution in [3.8, 4) is 0 Å². The van der Waals surface area contributed by atoms with E-state index in [-0.39, 0.29) is 15.5 Å². The van der Waals surface area contributed by atoms with Gasteiger partial charge in [0, 0.05) is 5.69 Å². The number of nitrogens with one attached hydrogen (secondary N) is 2. The molecule has 9 nitrogen and oxygen atoms in total. The largest absolute Gasteiger partial charge is 0.454 e. The summed E-state index contributed by atoms with van der Waals surface area (Å²) in [5.41, 5.74) is 0.494. The lowest BCUT2D eigenvalue weighted by Gasteiger charge is -2.14. The zero-order chi connectivity index (χ0) is 21.6. The zero-order valence-corrected chi connectivity index (χ0v) is 16.8. The number of anilines is 1. The molecule has 2 amide bonds. The standard InChI is InChI=1S/C18H18ClN3O6S/c1-11(21-17(24)14-4-2-3-5-15(14)19)18(25)28-10-16(23)22-12-6-8-13(9-7-12)29(20,26)27/h2-9,11H,10H2,1H3,(H,21,24)(H,22,23)(H2,20,26,27)/t11-/m0/s1. The summed E-state index contributed by atoms with van der Waals surface area (Å²) in [6, 6.07) is 10.5. The van der Waals surface area contributed by atoms with E-state index in [0.717, 1.165) is 0 Å². The van der Waals surface area contributed by atoms with E-state index in [9.17, 15) is 22.8 Å². The number of sulfonamides is 1. The first-order valence-electron chi connectivity index (χ1n) is 8.22. The van der Waals surface area contributed by atoms with Crippen molar-refractivity contribution < 1.29 is 27.5 Å². The van der Waals surface area contributed by atoms with Gasteiger partial charge in [-0.3, -0.25) is 9.59 Å². The van der Waals surface area contributed by atoms with Crippen molar-refractivity contribution in [1.29, 1.82) is 0 Å². The number of halogens is 1. The van der Waals surface area contributed by atoms with Crippen LogP contribution in [0.4, 0.5) is 5.69 Å². The van der Waals surface area contributed by atoms with Crippen LogP contribution in [0.1, 0.15) is 17.3 Å². The van der Waals surface area contributed by atoms with E-state index in [1.54, 1.807) is 18.2 Å². The van der Waals surface area contributed by atoms with E-state index >= 15 is 0 Å². The van der Waals surface area contributed by atoms with Gasteiger partial charge in [0.1, 0.15) is 6.04 Å². The van der Waals surface area contributed by atoms with Crippen molar-refractivity contribution in [1.82, 2.24) is 5.32 Å². The Balaban J connectivity index is 1.84. The van der Waals surface area contributed by atoms with Gasteiger partial charge in [0.15, 0.2) is 6.61 Å². The Labute approximate surface area is 172 Å². The number of nitrogens with two attached hydrogens (primary N) is 1. The van der Waals surface area contributed by atoms with Crippen LogP contribution in [0.3, 0.4) is 0 Å². The lowest BCUT2D eigenvalue weighted by Crippen LogP contribution is -2.40. The molecule has 0 unspecified atom stereocenters. The Morgan fingerprint density at radius 3 is 2.31 bits per heavy atom. The minimum absolute atomic E-state index is 0.106. The number of ether oxygens (including phenoxy) is 1. The Morgan fingerprint density at radius 1 is 1.10 bits per heavy atom. The predicted molar refractivity (Wildman–Crippen MR) is 106 cm³/mol. The summed E-state index contributed by atoms with van der Waals surface area (Å²) >= 11 is 5.93. The molecule has 0 saturated carbocycles. The third-order valence-electron chi connectivity index (χ3n) is 3.63. The second-order valence-electron chi connectivity index (χ2n) is 5.90. The van der Waals surface area contributed by atoms with E-state index in [1.807, 2.05) is 0 Å². The maximum atomic E-state index is 12.1. The third-order valence-corrected chi connectivity index (χ3v) is 4.89. The van der Waals surface area contributed by atoms with Gasteiger partial charge in [-0.15, -0.1) is 0 Å². The Morgan fingerprint density at radius 2 is 1.72 bits per heavy atom. The summed E-state index contributed by atoms with van der Waals surface area (Å²) in [5, 5.41) is 10.1. The molecule has 0 bridgehead atoms. The van der Waals surface area contributed by atoms with E-state index in [2.05, 4.69) is 10.6 Å². The maximum Gasteiger partial charge on any atom is 0.328 e. The van der Waals surface area contributed by atoms with Gasteiger partial charge in [0.05, 0.1) is 15.5 Å². The second-order valence-corrected chi connectivity index (χ2v) is 7.87. The fourth-order valence-electron chi connectivity index (χ4n) is 2.17. The molecule has 154 valence electrons. The molecule has 0 aliphatic rings. The van der Waals surface area contributed by atoms with Gasteiger partial charge in [-0.2, -0.15) is 0 Å². The molecule has 2 aromatic carbocycles. The highest BCUT2D eigenvalue weighted by Gasteiger charge is 2.20. The second kappa shape index (κ2) is 9.50. The van der Waals surface area contributed by atoms with Crippen LogP contribution in [0.25, 0.3) is 0 Å². The lowest BCUT2D eigenvalue weighted by atomic mass is 10.2. The van der Waals surface area contributed by atoms with Crippen molar-refractivity contribution >= 4 is 45.1 Å². The highest BCUT2D eigenvalue weighted by atomic mass is 35.5. The van der Waals surface area contributed by atoms with Gasteiger partial charge >= 0.3 is 5.97 Å². The van der Waals surface area contributed by atoms with Gasteiger partial charge in [0.25, 0.3) is 11.8 Å². The molecule has 2 aromatic rings. The fraction of sp³-hybridized carbons (Fsp3) is 0.167. The van der Waals surface area contributed by atoms with E-state index in [1.165, 1.54) is 37.3 Å². The Hall–Kier alpha value is -2.95. The molecule has 0 fully saturated rings. The van der Waals surface area contributed by atoms with Gasteiger partial charge in [0.2, 0.25) is 10.0 Å². The van der Waals surface area contributed by atoms with Crippen LogP contribution in [0, 0.1) is 0 Å². The van der Waals surface area contributed by atoms with Crippen molar-refractivity contribution in [3.63, 3.8) is 0 Å². The SMILES string of the molecule is C[C@H](NC(=O)c1ccccc1Cl)C(=O)OCC(=O)Nc1ccc(S(N)(=O)=O)cc1. The molecule has 0 aromatic heterocycles. The van der Waals surface area contributed by atoms with Crippen molar-refractivity contribution in [2.75, 3.05) is 11.9 Å². The van der Waals surface area contributed by atoms with Crippen molar-refractivity contribution in [3.05, 3.63) is 59.1 Å². The van der Waals surface area contributed by atoms with Crippen LogP contribution in [0.2, 0.25) is 5.02 Å². The summed E-state index contributed by atoms with van der Waals surface area (Å²) < 4.78 is 27.2. The van der Waals surface area contributed by atoms with Gasteiger partial charge in [-0.25, -0.2) is 18.4 Å². The highest BCUT2D eigenvalue weighted by Crippen LogP contribution is 2.15. The monoisotopic (exact) mass is 439 g/mol. The molecule has 0 aliphatic carbocycles.